The Morgan fingerprint density at radius 1 is 1.30 bits per heavy atom. The van der Waals surface area contributed by atoms with E-state index in [9.17, 15) is 8.42 Å². The summed E-state index contributed by atoms with van der Waals surface area (Å²) in [6.07, 6.45) is 3.08. The molecule has 2 heterocycles. The Bertz CT molecular complexity index is 900. The van der Waals surface area contributed by atoms with Crippen molar-refractivity contribution in [2.75, 3.05) is 30.5 Å². The van der Waals surface area contributed by atoms with E-state index in [2.05, 4.69) is 10.1 Å². The third-order valence-electron chi connectivity index (χ3n) is 3.30. The molecule has 0 saturated carbocycles. The van der Waals surface area contributed by atoms with E-state index in [-0.39, 0.29) is 5.75 Å². The fourth-order valence-corrected chi connectivity index (χ4v) is 3.60. The summed E-state index contributed by atoms with van der Waals surface area (Å²) in [6.45, 7) is 0.402. The number of benzene rings is 1. The van der Waals surface area contributed by atoms with Crippen molar-refractivity contribution >= 4 is 42.9 Å². The predicted octanol–water partition coefficient (Wildman–Crippen LogP) is 2.59. The van der Waals surface area contributed by atoms with E-state index in [0.717, 1.165) is 21.3 Å². The van der Waals surface area contributed by atoms with Gasteiger partial charge < -0.3 is 4.90 Å². The zero-order valence-corrected chi connectivity index (χ0v) is 15.0. The van der Waals surface area contributed by atoms with E-state index in [4.69, 9.17) is 11.6 Å². The van der Waals surface area contributed by atoms with Gasteiger partial charge in [-0.05, 0) is 12.1 Å². The number of nitrogens with zero attached hydrogens (tertiary/aromatic N) is 4. The van der Waals surface area contributed by atoms with Gasteiger partial charge in [-0.15, -0.1) is 5.10 Å². The largest absolute Gasteiger partial charge is 0.349 e. The fourth-order valence-electron chi connectivity index (χ4n) is 2.00. The van der Waals surface area contributed by atoms with Gasteiger partial charge in [-0.25, -0.2) is 17.9 Å². The highest BCUT2D eigenvalue weighted by Crippen LogP contribution is 2.26. The molecule has 0 bridgehead atoms. The maximum absolute atomic E-state index is 11.2. The van der Waals surface area contributed by atoms with Crippen LogP contribution in [0.3, 0.4) is 0 Å². The van der Waals surface area contributed by atoms with Gasteiger partial charge in [0, 0.05) is 30.4 Å². The molecule has 3 aromatic rings. The summed E-state index contributed by atoms with van der Waals surface area (Å²) in [4.78, 5) is 7.14. The molecule has 0 aliphatic rings. The van der Waals surface area contributed by atoms with E-state index in [1.54, 1.807) is 4.52 Å². The minimum atomic E-state index is -2.99. The molecule has 3 rings (SSSR count). The summed E-state index contributed by atoms with van der Waals surface area (Å²) in [5.41, 5.74) is 1.80. The van der Waals surface area contributed by atoms with Crippen LogP contribution in [0.1, 0.15) is 0 Å². The summed E-state index contributed by atoms with van der Waals surface area (Å²) in [7, 11) is -1.17. The molecule has 122 valence electrons. The third kappa shape index (κ3) is 3.82. The molecule has 0 fully saturated rings. The molecule has 2 aromatic heterocycles. The number of halogens is 1. The van der Waals surface area contributed by atoms with Gasteiger partial charge in [-0.1, -0.05) is 35.1 Å². The molecule has 0 saturated heterocycles. The topological polar surface area (TPSA) is 67.6 Å². The van der Waals surface area contributed by atoms with Crippen molar-refractivity contribution in [1.29, 1.82) is 0 Å². The molecular formula is C14H15ClN4O2S2. The quantitative estimate of drug-likeness (QED) is 0.690. The number of anilines is 1. The van der Waals surface area contributed by atoms with Crippen molar-refractivity contribution in [2.45, 2.75) is 0 Å². The Morgan fingerprint density at radius 2 is 2.00 bits per heavy atom. The second kappa shape index (κ2) is 6.10. The highest BCUT2D eigenvalue weighted by Gasteiger charge is 2.14. The van der Waals surface area contributed by atoms with Gasteiger partial charge >= 0.3 is 0 Å². The zero-order valence-electron chi connectivity index (χ0n) is 12.6. The SMILES string of the molecule is CN(CCS(C)(=O)=O)c1nn2cc(-c3ccc(Cl)cc3)nc2s1. The van der Waals surface area contributed by atoms with Crippen molar-refractivity contribution in [3.05, 3.63) is 35.5 Å². The molecule has 0 aliphatic carbocycles. The molecule has 0 aliphatic heterocycles. The van der Waals surface area contributed by atoms with Gasteiger partial charge in [-0.2, -0.15) is 0 Å². The molecule has 6 nitrogen and oxygen atoms in total. The van der Waals surface area contributed by atoms with Crippen LogP contribution >= 0.6 is 22.9 Å². The molecule has 0 amide bonds. The summed E-state index contributed by atoms with van der Waals surface area (Å²) in [6, 6.07) is 7.46. The van der Waals surface area contributed by atoms with Crippen molar-refractivity contribution < 1.29 is 8.42 Å². The number of imidazole rings is 1. The first-order chi connectivity index (χ1) is 10.8. The van der Waals surface area contributed by atoms with Crippen molar-refractivity contribution in [2.24, 2.45) is 0 Å². The first-order valence-electron chi connectivity index (χ1n) is 6.83. The standard InChI is InChI=1S/C14H15ClN4O2S2/c1-18(7-8-23(2,20)21)14-17-19-9-12(16-13(19)22-14)10-3-5-11(15)6-4-10/h3-6,9H,7-8H2,1-2H3. The summed E-state index contributed by atoms with van der Waals surface area (Å²) < 4.78 is 24.2. The predicted molar refractivity (Wildman–Crippen MR) is 94.3 cm³/mol. The van der Waals surface area contributed by atoms with E-state index in [1.807, 2.05) is 42.4 Å². The van der Waals surface area contributed by atoms with E-state index >= 15 is 0 Å². The normalized spacial score (nSPS) is 12.0. The number of aromatic nitrogens is 3. The molecule has 23 heavy (non-hydrogen) atoms. The molecule has 0 unspecified atom stereocenters. The molecule has 0 N–H and O–H groups in total. The number of rotatable bonds is 5. The Morgan fingerprint density at radius 3 is 2.61 bits per heavy atom. The summed E-state index contributed by atoms with van der Waals surface area (Å²) in [5.74, 6) is 0.0986. The molecule has 9 heteroatoms. The second-order valence-corrected chi connectivity index (χ2v) is 8.93. The van der Waals surface area contributed by atoms with Gasteiger partial charge in [0.2, 0.25) is 10.1 Å². The molecule has 0 radical (unpaired) electrons. The van der Waals surface area contributed by atoms with Gasteiger partial charge in [0.15, 0.2) is 0 Å². The Hall–Kier alpha value is -1.64. The van der Waals surface area contributed by atoms with Gasteiger partial charge in [0.1, 0.15) is 9.84 Å². The molecule has 0 atom stereocenters. The van der Waals surface area contributed by atoms with Crippen LogP contribution in [0.15, 0.2) is 30.5 Å². The van der Waals surface area contributed by atoms with Gasteiger partial charge in [0.05, 0.1) is 17.6 Å². The van der Waals surface area contributed by atoms with Crippen LogP contribution < -0.4 is 4.90 Å². The van der Waals surface area contributed by atoms with Crippen LogP contribution in [0, 0.1) is 0 Å². The molecule has 1 aromatic carbocycles. The number of fused-ring (bicyclic) bond motifs is 1. The minimum Gasteiger partial charge on any atom is -0.349 e. The average molecular weight is 371 g/mol. The lowest BCUT2D eigenvalue weighted by atomic mass is 10.2. The Labute approximate surface area is 143 Å². The smallest absolute Gasteiger partial charge is 0.214 e. The maximum Gasteiger partial charge on any atom is 0.214 e. The van der Waals surface area contributed by atoms with Crippen molar-refractivity contribution in [3.63, 3.8) is 0 Å². The van der Waals surface area contributed by atoms with E-state index in [0.29, 0.717) is 11.6 Å². The Balaban J connectivity index is 1.81. The number of hydrogen-bond donors (Lipinski definition) is 0. The summed E-state index contributed by atoms with van der Waals surface area (Å²) in [5, 5.41) is 5.87. The van der Waals surface area contributed by atoms with Crippen LogP contribution in [-0.2, 0) is 9.84 Å². The second-order valence-electron chi connectivity index (χ2n) is 5.30. The van der Waals surface area contributed by atoms with Crippen LogP contribution in [0.2, 0.25) is 5.02 Å². The summed E-state index contributed by atoms with van der Waals surface area (Å²) >= 11 is 7.31. The highest BCUT2D eigenvalue weighted by molar-refractivity contribution is 7.90. The lowest BCUT2D eigenvalue weighted by Gasteiger charge is -2.13. The first kappa shape index (κ1) is 16.2. The molecular weight excluding hydrogens is 356 g/mol. The fraction of sp³-hybridized carbons (Fsp3) is 0.286. The lowest BCUT2D eigenvalue weighted by molar-refractivity contribution is 0.601. The maximum atomic E-state index is 11.2. The van der Waals surface area contributed by atoms with Gasteiger partial charge in [-0.3, -0.25) is 0 Å². The number of sulfone groups is 1. The van der Waals surface area contributed by atoms with Crippen molar-refractivity contribution in [1.82, 2.24) is 14.6 Å². The molecule has 0 spiro atoms. The third-order valence-corrected chi connectivity index (χ3v) is 5.51. The van der Waals surface area contributed by atoms with Crippen molar-refractivity contribution in [3.8, 4) is 11.3 Å². The zero-order chi connectivity index (χ0) is 16.6. The number of hydrogen-bond acceptors (Lipinski definition) is 6. The lowest BCUT2D eigenvalue weighted by Crippen LogP contribution is -2.24. The van der Waals surface area contributed by atoms with Gasteiger partial charge in [0.25, 0.3) is 0 Å². The van der Waals surface area contributed by atoms with E-state index < -0.39 is 9.84 Å². The van der Waals surface area contributed by atoms with Crippen LogP contribution in [0.4, 0.5) is 5.13 Å². The van der Waals surface area contributed by atoms with Crippen LogP contribution in [-0.4, -0.2) is 48.6 Å². The average Bonchev–Trinajstić information content (AvgIpc) is 3.03. The highest BCUT2D eigenvalue weighted by atomic mass is 35.5. The van der Waals surface area contributed by atoms with Crippen LogP contribution in [0.5, 0.6) is 0 Å². The first-order valence-corrected chi connectivity index (χ1v) is 10.1. The Kier molecular flexibility index (Phi) is 4.31. The monoisotopic (exact) mass is 370 g/mol. The van der Waals surface area contributed by atoms with Crippen LogP contribution in [0.25, 0.3) is 16.2 Å². The minimum absolute atomic E-state index is 0.0986. The van der Waals surface area contributed by atoms with E-state index in [1.165, 1.54) is 17.6 Å².